The standard InChI is InChI=1S/C23H27N5O4/c29-16-23(6-11-31-12-7-23)26-22(30)21-25-20(18-3-1-2-8-28(18)21)17-4-5-19(24-15-17)27-9-13-32-14-10-27/h1-5,8,15,29H,6-7,9-14,16H2,(H,26,30)/p+1. The van der Waals surface area contributed by atoms with E-state index in [-0.39, 0.29) is 12.5 Å². The van der Waals surface area contributed by atoms with Gasteiger partial charge in [0.15, 0.2) is 11.2 Å². The van der Waals surface area contributed by atoms with Gasteiger partial charge in [0.25, 0.3) is 0 Å². The second kappa shape index (κ2) is 8.85. The summed E-state index contributed by atoms with van der Waals surface area (Å²) in [6, 6.07) is 9.82. The number of fused-ring (bicyclic) bond motifs is 1. The van der Waals surface area contributed by atoms with Gasteiger partial charge in [-0.1, -0.05) is 6.07 Å². The number of morpholine rings is 1. The monoisotopic (exact) mass is 438 g/mol. The summed E-state index contributed by atoms with van der Waals surface area (Å²) in [6.45, 7) is 4.00. The van der Waals surface area contributed by atoms with Crippen LogP contribution in [0.1, 0.15) is 23.5 Å². The van der Waals surface area contributed by atoms with E-state index in [4.69, 9.17) is 9.47 Å². The molecule has 2 aliphatic heterocycles. The van der Waals surface area contributed by atoms with Crippen LogP contribution in [0.15, 0.2) is 42.7 Å². The Balaban J connectivity index is 1.45. The van der Waals surface area contributed by atoms with Gasteiger partial charge < -0.3 is 24.8 Å². The Labute approximate surface area is 186 Å². The number of H-pyrrole nitrogens is 1. The Morgan fingerprint density at radius 2 is 1.94 bits per heavy atom. The minimum absolute atomic E-state index is 0.120. The minimum Gasteiger partial charge on any atom is -0.394 e. The maximum Gasteiger partial charge on any atom is 0.351 e. The smallest absolute Gasteiger partial charge is 0.351 e. The lowest BCUT2D eigenvalue weighted by atomic mass is 9.91. The van der Waals surface area contributed by atoms with Gasteiger partial charge in [-0.15, -0.1) is 0 Å². The average Bonchev–Trinajstić information content (AvgIpc) is 3.25. The van der Waals surface area contributed by atoms with Gasteiger partial charge in [0.1, 0.15) is 5.82 Å². The van der Waals surface area contributed by atoms with E-state index in [2.05, 4.69) is 20.2 Å². The fourth-order valence-corrected chi connectivity index (χ4v) is 4.37. The van der Waals surface area contributed by atoms with Crippen molar-refractivity contribution in [3.8, 4) is 11.3 Å². The zero-order valence-corrected chi connectivity index (χ0v) is 17.9. The number of imidazole rings is 1. The molecule has 0 bridgehead atoms. The highest BCUT2D eigenvalue weighted by Crippen LogP contribution is 2.25. The van der Waals surface area contributed by atoms with Crippen LogP contribution in [-0.4, -0.2) is 72.6 Å². The number of nitrogens with one attached hydrogen (secondary N) is 2. The van der Waals surface area contributed by atoms with Crippen LogP contribution in [0.3, 0.4) is 0 Å². The molecule has 1 amide bonds. The maximum atomic E-state index is 13.2. The Kier molecular flexibility index (Phi) is 5.77. The molecule has 2 fully saturated rings. The zero-order valence-electron chi connectivity index (χ0n) is 17.9. The van der Waals surface area contributed by atoms with Crippen LogP contribution in [0.4, 0.5) is 5.82 Å². The normalized spacial score (nSPS) is 18.6. The van der Waals surface area contributed by atoms with Crippen LogP contribution in [0.2, 0.25) is 0 Å². The van der Waals surface area contributed by atoms with E-state index < -0.39 is 5.54 Å². The third-order valence-corrected chi connectivity index (χ3v) is 6.32. The molecular weight excluding hydrogens is 410 g/mol. The molecule has 0 aromatic carbocycles. The number of aromatic amines is 1. The number of nitrogens with zero attached hydrogens (tertiary/aromatic N) is 3. The molecule has 2 aliphatic rings. The van der Waals surface area contributed by atoms with Crippen LogP contribution < -0.4 is 14.6 Å². The number of rotatable bonds is 5. The summed E-state index contributed by atoms with van der Waals surface area (Å²) < 4.78 is 12.7. The first kappa shape index (κ1) is 20.9. The zero-order chi connectivity index (χ0) is 22.0. The summed E-state index contributed by atoms with van der Waals surface area (Å²) in [4.78, 5) is 23.4. The third-order valence-electron chi connectivity index (χ3n) is 6.32. The SMILES string of the molecule is O=C(NC1(CO)CCOCC1)c1[nH]c(-c2ccc(N3CCOCC3)nc2)c2cccc[n+]12. The number of amides is 1. The van der Waals surface area contributed by atoms with Crippen LogP contribution >= 0.6 is 0 Å². The van der Waals surface area contributed by atoms with E-state index in [1.165, 1.54) is 0 Å². The van der Waals surface area contributed by atoms with Crippen molar-refractivity contribution in [3.05, 3.63) is 48.5 Å². The van der Waals surface area contributed by atoms with Crippen molar-refractivity contribution in [3.63, 3.8) is 0 Å². The number of pyridine rings is 2. The molecule has 3 aromatic rings. The lowest BCUT2D eigenvalue weighted by Crippen LogP contribution is -2.55. The second-order valence-corrected chi connectivity index (χ2v) is 8.31. The van der Waals surface area contributed by atoms with Crippen LogP contribution in [-0.2, 0) is 9.47 Å². The number of aromatic nitrogens is 3. The maximum absolute atomic E-state index is 13.2. The molecule has 168 valence electrons. The molecule has 0 aliphatic carbocycles. The van der Waals surface area contributed by atoms with E-state index >= 15 is 0 Å². The number of ether oxygens (including phenoxy) is 2. The highest BCUT2D eigenvalue weighted by molar-refractivity contribution is 5.92. The van der Waals surface area contributed by atoms with E-state index in [1.807, 2.05) is 47.1 Å². The molecule has 2 saturated heterocycles. The highest BCUT2D eigenvalue weighted by atomic mass is 16.5. The van der Waals surface area contributed by atoms with Gasteiger partial charge in [0.2, 0.25) is 0 Å². The molecule has 0 spiro atoms. The molecule has 0 atom stereocenters. The Bertz CT molecular complexity index is 1090. The number of aliphatic hydroxyl groups is 1. The van der Waals surface area contributed by atoms with Crippen LogP contribution in [0.5, 0.6) is 0 Å². The largest absolute Gasteiger partial charge is 0.394 e. The van der Waals surface area contributed by atoms with E-state index in [9.17, 15) is 9.90 Å². The molecule has 3 N–H and O–H groups in total. The van der Waals surface area contributed by atoms with Crippen molar-refractivity contribution < 1.29 is 23.8 Å². The Hall–Kier alpha value is -3.01. The van der Waals surface area contributed by atoms with Crippen LogP contribution in [0, 0.1) is 0 Å². The quantitative estimate of drug-likeness (QED) is 0.512. The van der Waals surface area contributed by atoms with Gasteiger partial charge in [-0.3, -0.25) is 4.79 Å². The third kappa shape index (κ3) is 3.94. The van der Waals surface area contributed by atoms with Crippen molar-refractivity contribution in [2.75, 3.05) is 51.0 Å². The number of aliphatic hydroxyl groups excluding tert-OH is 1. The summed E-state index contributed by atoms with van der Waals surface area (Å²) in [6.07, 6.45) is 4.85. The number of anilines is 1. The molecular formula is C23H28N5O4+. The van der Waals surface area contributed by atoms with Gasteiger partial charge in [-0.2, -0.15) is 4.40 Å². The van der Waals surface area contributed by atoms with Crippen LogP contribution in [0.25, 0.3) is 16.8 Å². The number of carbonyl (C=O) groups excluding carboxylic acids is 1. The Morgan fingerprint density at radius 1 is 1.16 bits per heavy atom. The molecule has 3 aromatic heterocycles. The fourth-order valence-electron chi connectivity index (χ4n) is 4.37. The predicted molar refractivity (Wildman–Crippen MR) is 118 cm³/mol. The predicted octanol–water partition coefficient (Wildman–Crippen LogP) is 0.923. The second-order valence-electron chi connectivity index (χ2n) is 8.31. The molecule has 0 saturated carbocycles. The minimum atomic E-state index is -0.663. The van der Waals surface area contributed by atoms with Crippen molar-refractivity contribution in [2.45, 2.75) is 18.4 Å². The van der Waals surface area contributed by atoms with E-state index in [1.54, 1.807) is 0 Å². The Morgan fingerprint density at radius 3 is 2.66 bits per heavy atom. The first-order valence-corrected chi connectivity index (χ1v) is 11.0. The summed E-state index contributed by atoms with van der Waals surface area (Å²) in [5.74, 6) is 1.07. The van der Waals surface area contributed by atoms with Crippen molar-refractivity contribution in [2.24, 2.45) is 0 Å². The topological polar surface area (TPSA) is 104 Å². The molecule has 9 nitrogen and oxygen atoms in total. The summed E-state index contributed by atoms with van der Waals surface area (Å²) in [5, 5.41) is 13.0. The van der Waals surface area contributed by atoms with Gasteiger partial charge in [0, 0.05) is 38.1 Å². The van der Waals surface area contributed by atoms with Crippen molar-refractivity contribution in [1.29, 1.82) is 0 Å². The van der Waals surface area contributed by atoms with E-state index in [0.29, 0.717) is 45.1 Å². The molecule has 0 radical (unpaired) electrons. The lowest BCUT2D eigenvalue weighted by Gasteiger charge is -2.35. The van der Waals surface area contributed by atoms with Gasteiger partial charge in [0.05, 0.1) is 31.6 Å². The van der Waals surface area contributed by atoms with Gasteiger partial charge in [-0.25, -0.2) is 9.97 Å². The molecule has 32 heavy (non-hydrogen) atoms. The van der Waals surface area contributed by atoms with Crippen molar-refractivity contribution in [1.82, 2.24) is 15.3 Å². The first-order valence-electron chi connectivity index (χ1n) is 11.0. The molecule has 5 rings (SSSR count). The fraction of sp³-hybridized carbons (Fsp3) is 0.435. The first-order chi connectivity index (χ1) is 15.7. The van der Waals surface area contributed by atoms with Gasteiger partial charge >= 0.3 is 11.7 Å². The van der Waals surface area contributed by atoms with E-state index in [0.717, 1.165) is 35.7 Å². The molecule has 5 heterocycles. The molecule has 0 unspecified atom stereocenters. The number of carbonyl (C=O) groups is 1. The summed E-state index contributed by atoms with van der Waals surface area (Å²) >= 11 is 0. The van der Waals surface area contributed by atoms with Gasteiger partial charge in [-0.05, 0) is 37.1 Å². The van der Waals surface area contributed by atoms with Crippen molar-refractivity contribution >= 4 is 17.2 Å². The average molecular weight is 439 g/mol. The highest BCUT2D eigenvalue weighted by Gasteiger charge is 2.37. The lowest BCUT2D eigenvalue weighted by molar-refractivity contribution is -0.514. The molecule has 9 heteroatoms. The summed E-state index contributed by atoms with van der Waals surface area (Å²) in [5.41, 5.74) is 1.93. The summed E-state index contributed by atoms with van der Waals surface area (Å²) in [7, 11) is 0. The number of hydrogen-bond donors (Lipinski definition) is 3. The number of hydrogen-bond acceptors (Lipinski definition) is 6.